The summed E-state index contributed by atoms with van der Waals surface area (Å²) in [7, 11) is 1.75. The summed E-state index contributed by atoms with van der Waals surface area (Å²) in [5, 5.41) is 6.73. The van der Waals surface area contributed by atoms with E-state index in [-0.39, 0.29) is 12.0 Å². The minimum atomic E-state index is 0.226. The molecule has 1 aliphatic heterocycles. The first-order chi connectivity index (χ1) is 14.2. The molecule has 0 radical (unpaired) electrons. The Labute approximate surface area is 171 Å². The molecule has 2 fully saturated rings. The van der Waals surface area contributed by atoms with Gasteiger partial charge >= 0.3 is 0 Å². The lowest BCUT2D eigenvalue weighted by Crippen LogP contribution is -2.45. The SMILES string of the molecule is CN=C(NCc1coc(-c2ccccc2)n1)NC1CCN(C(=O)C2CCCC2)C1. The molecular weight excluding hydrogens is 366 g/mol. The molecule has 2 heterocycles. The molecule has 1 amide bonds. The number of rotatable bonds is 5. The first kappa shape index (κ1) is 19.5. The van der Waals surface area contributed by atoms with Crippen LogP contribution in [0.25, 0.3) is 11.5 Å². The molecule has 1 aromatic heterocycles. The molecule has 1 aromatic carbocycles. The predicted molar refractivity (Wildman–Crippen MR) is 112 cm³/mol. The summed E-state index contributed by atoms with van der Waals surface area (Å²) in [6.45, 7) is 2.10. The number of guanidine groups is 1. The first-order valence-electron chi connectivity index (χ1n) is 10.5. The fourth-order valence-electron chi connectivity index (χ4n) is 4.17. The standard InChI is InChI=1S/C22H29N5O2/c1-23-22(24-13-19-15-29-20(25-19)16-7-3-2-4-8-16)26-18-11-12-27(14-18)21(28)17-9-5-6-10-17/h2-4,7-8,15,17-18H,5-6,9-14H2,1H3,(H2,23,24,26). The number of nitrogens with zero attached hydrogens (tertiary/aromatic N) is 3. The van der Waals surface area contributed by atoms with Crippen molar-refractivity contribution in [3.8, 4) is 11.5 Å². The van der Waals surface area contributed by atoms with Gasteiger partial charge in [0.1, 0.15) is 6.26 Å². The summed E-state index contributed by atoms with van der Waals surface area (Å²) in [5.74, 6) is 1.92. The highest BCUT2D eigenvalue weighted by molar-refractivity contribution is 5.81. The Balaban J connectivity index is 1.26. The Bertz CT molecular complexity index is 842. The van der Waals surface area contributed by atoms with Gasteiger partial charge in [0.05, 0.1) is 12.2 Å². The van der Waals surface area contributed by atoms with Crippen molar-refractivity contribution < 1.29 is 9.21 Å². The second kappa shape index (κ2) is 9.11. The smallest absolute Gasteiger partial charge is 0.226 e. The number of carbonyl (C=O) groups is 1. The van der Waals surface area contributed by atoms with E-state index in [9.17, 15) is 4.79 Å². The Morgan fingerprint density at radius 2 is 2.03 bits per heavy atom. The van der Waals surface area contributed by atoms with Crippen molar-refractivity contribution in [2.24, 2.45) is 10.9 Å². The zero-order chi connectivity index (χ0) is 20.1. The van der Waals surface area contributed by atoms with E-state index in [0.29, 0.717) is 18.3 Å². The van der Waals surface area contributed by atoms with Crippen LogP contribution in [0, 0.1) is 5.92 Å². The molecule has 2 aromatic rings. The van der Waals surface area contributed by atoms with Crippen LogP contribution in [0.4, 0.5) is 0 Å². The molecule has 1 saturated heterocycles. The molecule has 7 heteroatoms. The van der Waals surface area contributed by atoms with Crippen LogP contribution in [-0.2, 0) is 11.3 Å². The highest BCUT2D eigenvalue weighted by Gasteiger charge is 2.32. The Kier molecular flexibility index (Phi) is 6.12. The zero-order valence-corrected chi connectivity index (χ0v) is 16.9. The fourth-order valence-corrected chi connectivity index (χ4v) is 4.17. The third-order valence-corrected chi connectivity index (χ3v) is 5.78. The molecule has 1 unspecified atom stereocenters. The van der Waals surface area contributed by atoms with Gasteiger partial charge in [0.25, 0.3) is 0 Å². The first-order valence-corrected chi connectivity index (χ1v) is 10.5. The van der Waals surface area contributed by atoms with Crippen LogP contribution in [0.5, 0.6) is 0 Å². The quantitative estimate of drug-likeness (QED) is 0.601. The van der Waals surface area contributed by atoms with Crippen LogP contribution < -0.4 is 10.6 Å². The van der Waals surface area contributed by atoms with Crippen molar-refractivity contribution in [2.45, 2.75) is 44.7 Å². The van der Waals surface area contributed by atoms with Gasteiger partial charge in [0.15, 0.2) is 5.96 Å². The molecule has 154 valence electrons. The topological polar surface area (TPSA) is 82.8 Å². The maximum absolute atomic E-state index is 12.6. The average molecular weight is 396 g/mol. The number of aliphatic imine (C=N–C) groups is 1. The number of benzene rings is 1. The summed E-state index contributed by atoms with van der Waals surface area (Å²) in [6.07, 6.45) is 7.10. The van der Waals surface area contributed by atoms with Crippen molar-refractivity contribution in [3.05, 3.63) is 42.3 Å². The molecule has 2 N–H and O–H groups in total. The number of hydrogen-bond acceptors (Lipinski definition) is 4. The van der Waals surface area contributed by atoms with Gasteiger partial charge in [0.2, 0.25) is 11.8 Å². The van der Waals surface area contributed by atoms with Gasteiger partial charge in [-0.2, -0.15) is 0 Å². The van der Waals surface area contributed by atoms with Crippen molar-refractivity contribution >= 4 is 11.9 Å². The third-order valence-electron chi connectivity index (χ3n) is 5.78. The van der Waals surface area contributed by atoms with E-state index in [1.807, 2.05) is 35.2 Å². The molecule has 0 bridgehead atoms. The number of aromatic nitrogens is 1. The molecule has 1 aliphatic carbocycles. The minimum absolute atomic E-state index is 0.226. The molecule has 1 atom stereocenters. The number of carbonyl (C=O) groups excluding carboxylic acids is 1. The van der Waals surface area contributed by atoms with Crippen LogP contribution in [0.15, 0.2) is 46.0 Å². The second-order valence-corrected chi connectivity index (χ2v) is 7.83. The molecule has 29 heavy (non-hydrogen) atoms. The zero-order valence-electron chi connectivity index (χ0n) is 16.9. The Morgan fingerprint density at radius 1 is 1.24 bits per heavy atom. The highest BCUT2D eigenvalue weighted by atomic mass is 16.3. The largest absolute Gasteiger partial charge is 0.444 e. The maximum Gasteiger partial charge on any atom is 0.226 e. The van der Waals surface area contributed by atoms with E-state index in [4.69, 9.17) is 4.42 Å². The summed E-state index contributed by atoms with van der Waals surface area (Å²) < 4.78 is 5.58. The van der Waals surface area contributed by atoms with E-state index >= 15 is 0 Å². The monoisotopic (exact) mass is 395 g/mol. The average Bonchev–Trinajstić information content (AvgIpc) is 3.53. The van der Waals surface area contributed by atoms with Crippen molar-refractivity contribution in [3.63, 3.8) is 0 Å². The lowest BCUT2D eigenvalue weighted by atomic mass is 10.1. The normalized spacial score (nSPS) is 20.2. The second-order valence-electron chi connectivity index (χ2n) is 7.83. The molecule has 1 saturated carbocycles. The van der Waals surface area contributed by atoms with E-state index in [2.05, 4.69) is 20.6 Å². The van der Waals surface area contributed by atoms with Gasteiger partial charge in [-0.15, -0.1) is 0 Å². The van der Waals surface area contributed by atoms with Gasteiger partial charge < -0.3 is 20.0 Å². The van der Waals surface area contributed by atoms with Gasteiger partial charge in [-0.25, -0.2) is 4.98 Å². The molecular formula is C22H29N5O2. The highest BCUT2D eigenvalue weighted by Crippen LogP contribution is 2.27. The van der Waals surface area contributed by atoms with Crippen LogP contribution in [0.3, 0.4) is 0 Å². The number of nitrogens with one attached hydrogen (secondary N) is 2. The summed E-state index contributed by atoms with van der Waals surface area (Å²) >= 11 is 0. The fraction of sp³-hybridized carbons (Fsp3) is 0.500. The number of oxazole rings is 1. The van der Waals surface area contributed by atoms with Gasteiger partial charge in [-0.05, 0) is 31.4 Å². The Hall–Kier alpha value is -2.83. The third kappa shape index (κ3) is 4.78. The molecule has 4 rings (SSSR count). The summed E-state index contributed by atoms with van der Waals surface area (Å²) in [4.78, 5) is 23.5. The van der Waals surface area contributed by atoms with Gasteiger partial charge in [0, 0.05) is 37.7 Å². The molecule has 7 nitrogen and oxygen atoms in total. The minimum Gasteiger partial charge on any atom is -0.444 e. The van der Waals surface area contributed by atoms with Crippen LogP contribution in [-0.4, -0.2) is 47.9 Å². The van der Waals surface area contributed by atoms with E-state index in [1.54, 1.807) is 13.3 Å². The van der Waals surface area contributed by atoms with Crippen molar-refractivity contribution in [1.82, 2.24) is 20.5 Å². The van der Waals surface area contributed by atoms with Crippen LogP contribution in [0.2, 0.25) is 0 Å². The maximum atomic E-state index is 12.6. The van der Waals surface area contributed by atoms with E-state index in [1.165, 1.54) is 12.8 Å². The van der Waals surface area contributed by atoms with Crippen LogP contribution >= 0.6 is 0 Å². The van der Waals surface area contributed by atoms with Crippen LogP contribution in [0.1, 0.15) is 37.8 Å². The number of likely N-dealkylation sites (tertiary alicyclic amines) is 1. The Morgan fingerprint density at radius 3 is 2.79 bits per heavy atom. The predicted octanol–water partition coefficient (Wildman–Crippen LogP) is 2.80. The molecule has 0 spiro atoms. The lowest BCUT2D eigenvalue weighted by Gasteiger charge is -2.21. The van der Waals surface area contributed by atoms with Crippen molar-refractivity contribution in [1.29, 1.82) is 0 Å². The van der Waals surface area contributed by atoms with Gasteiger partial charge in [-0.1, -0.05) is 31.0 Å². The van der Waals surface area contributed by atoms with Gasteiger partial charge in [-0.3, -0.25) is 9.79 Å². The lowest BCUT2D eigenvalue weighted by molar-refractivity contribution is -0.134. The number of hydrogen-bond donors (Lipinski definition) is 2. The molecule has 2 aliphatic rings. The summed E-state index contributed by atoms with van der Waals surface area (Å²) in [5.41, 5.74) is 1.77. The van der Waals surface area contributed by atoms with E-state index in [0.717, 1.165) is 49.6 Å². The van der Waals surface area contributed by atoms with E-state index < -0.39 is 0 Å². The number of amides is 1. The van der Waals surface area contributed by atoms with Crippen molar-refractivity contribution in [2.75, 3.05) is 20.1 Å². The summed E-state index contributed by atoms with van der Waals surface area (Å²) in [6, 6.07) is 10.1.